The van der Waals surface area contributed by atoms with Gasteiger partial charge in [0.05, 0.1) is 18.0 Å². The number of halogens is 5. The number of benzene rings is 1. The SMILES string of the molecule is OCc1cc(Cl)cc(-c2ccc(OC(F)(F)F)c(F)c2)n1. The molecule has 0 fully saturated rings. The van der Waals surface area contributed by atoms with Crippen LogP contribution in [0.5, 0.6) is 5.75 Å². The molecule has 0 aliphatic heterocycles. The first-order chi connectivity index (χ1) is 9.78. The highest BCUT2D eigenvalue weighted by Gasteiger charge is 2.32. The summed E-state index contributed by atoms with van der Waals surface area (Å²) in [6.45, 7) is -0.370. The molecule has 0 bridgehead atoms. The van der Waals surface area contributed by atoms with E-state index in [1.165, 1.54) is 18.2 Å². The van der Waals surface area contributed by atoms with Crippen molar-refractivity contribution < 1.29 is 27.4 Å². The van der Waals surface area contributed by atoms with E-state index in [9.17, 15) is 17.6 Å². The van der Waals surface area contributed by atoms with E-state index in [1.807, 2.05) is 0 Å². The Bertz CT molecular complexity index is 661. The van der Waals surface area contributed by atoms with Gasteiger partial charge in [-0.3, -0.25) is 4.98 Å². The topological polar surface area (TPSA) is 42.4 Å². The Kier molecular flexibility index (Phi) is 4.34. The zero-order valence-corrected chi connectivity index (χ0v) is 11.0. The van der Waals surface area contributed by atoms with Crippen LogP contribution in [0, 0.1) is 5.82 Å². The quantitative estimate of drug-likeness (QED) is 0.871. The molecule has 1 aromatic heterocycles. The number of aliphatic hydroxyl groups excluding tert-OH is 1. The molecule has 1 aromatic carbocycles. The molecule has 0 aliphatic rings. The fourth-order valence-electron chi connectivity index (χ4n) is 1.65. The maximum absolute atomic E-state index is 13.6. The smallest absolute Gasteiger partial charge is 0.403 e. The van der Waals surface area contributed by atoms with Gasteiger partial charge < -0.3 is 9.84 Å². The summed E-state index contributed by atoms with van der Waals surface area (Å²) in [5, 5.41) is 9.28. The van der Waals surface area contributed by atoms with Gasteiger partial charge >= 0.3 is 6.36 Å². The fourth-order valence-corrected chi connectivity index (χ4v) is 1.88. The average Bonchev–Trinajstić information content (AvgIpc) is 2.39. The molecule has 3 nitrogen and oxygen atoms in total. The number of hydrogen-bond acceptors (Lipinski definition) is 3. The normalized spacial score (nSPS) is 11.5. The van der Waals surface area contributed by atoms with Gasteiger partial charge in [0.15, 0.2) is 11.6 Å². The lowest BCUT2D eigenvalue weighted by Gasteiger charge is -2.11. The molecule has 1 N–H and O–H groups in total. The minimum atomic E-state index is -4.97. The lowest BCUT2D eigenvalue weighted by molar-refractivity contribution is -0.275. The average molecular weight is 322 g/mol. The van der Waals surface area contributed by atoms with E-state index in [2.05, 4.69) is 9.72 Å². The molecular formula is C13H8ClF4NO2. The van der Waals surface area contributed by atoms with E-state index in [1.54, 1.807) is 0 Å². The van der Waals surface area contributed by atoms with Gasteiger partial charge in [0, 0.05) is 10.6 Å². The van der Waals surface area contributed by atoms with Crippen molar-refractivity contribution in [3.8, 4) is 17.0 Å². The van der Waals surface area contributed by atoms with Crippen LogP contribution in [0.2, 0.25) is 5.02 Å². The Morgan fingerprint density at radius 1 is 1.19 bits per heavy atom. The summed E-state index contributed by atoms with van der Waals surface area (Å²) >= 11 is 5.82. The van der Waals surface area contributed by atoms with Crippen molar-refractivity contribution in [1.29, 1.82) is 0 Å². The fraction of sp³-hybridized carbons (Fsp3) is 0.154. The summed E-state index contributed by atoms with van der Waals surface area (Å²) in [6.07, 6.45) is -4.97. The number of aliphatic hydroxyl groups is 1. The molecule has 0 saturated heterocycles. The van der Waals surface area contributed by atoms with Crippen molar-refractivity contribution in [2.45, 2.75) is 13.0 Å². The van der Waals surface area contributed by atoms with Gasteiger partial charge in [-0.05, 0) is 30.3 Å². The third kappa shape index (κ3) is 4.05. The molecule has 0 aliphatic carbocycles. The first kappa shape index (κ1) is 15.5. The number of pyridine rings is 1. The third-order valence-electron chi connectivity index (χ3n) is 2.46. The monoisotopic (exact) mass is 321 g/mol. The van der Waals surface area contributed by atoms with Gasteiger partial charge in [-0.25, -0.2) is 4.39 Å². The minimum absolute atomic E-state index is 0.208. The van der Waals surface area contributed by atoms with Gasteiger partial charge in [-0.1, -0.05) is 11.6 Å². The van der Waals surface area contributed by atoms with Gasteiger partial charge in [-0.15, -0.1) is 13.2 Å². The van der Waals surface area contributed by atoms with Crippen LogP contribution >= 0.6 is 11.6 Å². The zero-order valence-electron chi connectivity index (χ0n) is 10.3. The molecule has 1 heterocycles. The lowest BCUT2D eigenvalue weighted by atomic mass is 10.1. The molecule has 0 unspecified atom stereocenters. The van der Waals surface area contributed by atoms with Crippen molar-refractivity contribution in [1.82, 2.24) is 4.98 Å². The van der Waals surface area contributed by atoms with E-state index >= 15 is 0 Å². The second kappa shape index (κ2) is 5.87. The van der Waals surface area contributed by atoms with Crippen LogP contribution in [0.25, 0.3) is 11.3 Å². The standard InChI is InChI=1S/C13H8ClF4NO2/c14-8-4-9(6-20)19-11(5-8)7-1-2-12(10(15)3-7)21-13(16,17)18/h1-5,20H,6H2. The van der Waals surface area contributed by atoms with Crippen molar-refractivity contribution in [2.75, 3.05) is 0 Å². The first-order valence-electron chi connectivity index (χ1n) is 5.61. The van der Waals surface area contributed by atoms with Gasteiger partial charge in [-0.2, -0.15) is 0 Å². The van der Waals surface area contributed by atoms with Crippen LogP contribution in [0.1, 0.15) is 5.69 Å². The first-order valence-corrected chi connectivity index (χ1v) is 5.99. The largest absolute Gasteiger partial charge is 0.573 e. The maximum atomic E-state index is 13.6. The van der Waals surface area contributed by atoms with Crippen LogP contribution in [0.15, 0.2) is 30.3 Å². The Morgan fingerprint density at radius 2 is 1.90 bits per heavy atom. The van der Waals surface area contributed by atoms with Crippen molar-refractivity contribution in [2.24, 2.45) is 0 Å². The van der Waals surface area contributed by atoms with E-state index in [4.69, 9.17) is 16.7 Å². The second-order valence-corrected chi connectivity index (χ2v) is 4.45. The van der Waals surface area contributed by atoms with Gasteiger partial charge in [0.1, 0.15) is 0 Å². The molecule has 0 atom stereocenters. The molecular weight excluding hydrogens is 314 g/mol. The van der Waals surface area contributed by atoms with Crippen LogP contribution in [-0.4, -0.2) is 16.5 Å². The number of nitrogens with zero attached hydrogens (tertiary/aromatic N) is 1. The molecule has 0 amide bonds. The second-order valence-electron chi connectivity index (χ2n) is 4.01. The number of hydrogen-bond donors (Lipinski definition) is 1. The summed E-state index contributed by atoms with van der Waals surface area (Å²) in [6, 6.07) is 5.73. The minimum Gasteiger partial charge on any atom is -0.403 e. The highest BCUT2D eigenvalue weighted by molar-refractivity contribution is 6.30. The Balaban J connectivity index is 2.38. The number of rotatable bonds is 3. The number of aromatic nitrogens is 1. The maximum Gasteiger partial charge on any atom is 0.573 e. The van der Waals surface area contributed by atoms with Crippen molar-refractivity contribution in [3.63, 3.8) is 0 Å². The Labute approximate surface area is 121 Å². The van der Waals surface area contributed by atoms with E-state index in [0.29, 0.717) is 0 Å². The Hall–Kier alpha value is -1.86. The summed E-state index contributed by atoms with van der Waals surface area (Å²) in [5.41, 5.74) is 0.691. The van der Waals surface area contributed by atoms with E-state index in [-0.39, 0.29) is 28.6 Å². The van der Waals surface area contributed by atoms with Crippen LogP contribution in [0.3, 0.4) is 0 Å². The molecule has 2 aromatic rings. The number of ether oxygens (including phenoxy) is 1. The molecule has 8 heteroatoms. The van der Waals surface area contributed by atoms with Crippen LogP contribution in [-0.2, 0) is 6.61 Å². The Morgan fingerprint density at radius 3 is 2.48 bits per heavy atom. The summed E-state index contributed by atoms with van der Waals surface area (Å²) < 4.78 is 53.3. The van der Waals surface area contributed by atoms with Gasteiger partial charge in [0.2, 0.25) is 0 Å². The molecule has 2 rings (SSSR count). The van der Waals surface area contributed by atoms with Crippen molar-refractivity contribution in [3.05, 3.63) is 46.9 Å². The summed E-state index contributed by atoms with van der Waals surface area (Å²) in [4.78, 5) is 4.00. The predicted molar refractivity (Wildman–Crippen MR) is 67.2 cm³/mol. The third-order valence-corrected chi connectivity index (χ3v) is 2.68. The molecule has 0 spiro atoms. The lowest BCUT2D eigenvalue weighted by Crippen LogP contribution is -2.17. The zero-order chi connectivity index (χ0) is 15.6. The van der Waals surface area contributed by atoms with Crippen LogP contribution < -0.4 is 4.74 Å². The molecule has 0 radical (unpaired) electrons. The summed E-state index contributed by atoms with van der Waals surface area (Å²) in [5.74, 6) is -2.12. The molecule has 112 valence electrons. The van der Waals surface area contributed by atoms with Gasteiger partial charge in [0.25, 0.3) is 0 Å². The van der Waals surface area contributed by atoms with Crippen molar-refractivity contribution >= 4 is 11.6 Å². The summed E-state index contributed by atoms with van der Waals surface area (Å²) in [7, 11) is 0. The highest BCUT2D eigenvalue weighted by atomic mass is 35.5. The highest BCUT2D eigenvalue weighted by Crippen LogP contribution is 2.30. The van der Waals surface area contributed by atoms with Crippen LogP contribution in [0.4, 0.5) is 17.6 Å². The molecule has 0 saturated carbocycles. The predicted octanol–water partition coefficient (Wildman–Crippen LogP) is 3.93. The van der Waals surface area contributed by atoms with E-state index < -0.39 is 17.9 Å². The van der Waals surface area contributed by atoms with E-state index in [0.717, 1.165) is 12.1 Å². The number of alkyl halides is 3. The molecule has 21 heavy (non-hydrogen) atoms.